The van der Waals surface area contributed by atoms with Crippen LogP contribution in [0.2, 0.25) is 0 Å². The summed E-state index contributed by atoms with van der Waals surface area (Å²) >= 11 is 0. The summed E-state index contributed by atoms with van der Waals surface area (Å²) in [6.45, 7) is 6.66. The van der Waals surface area contributed by atoms with Gasteiger partial charge in [0.25, 0.3) is 0 Å². The van der Waals surface area contributed by atoms with Crippen molar-refractivity contribution in [1.29, 1.82) is 0 Å². The number of rotatable bonds is 6. The SMILES string of the molecule is CCOC(=O)C(C)CCCC1CCNCC1. The van der Waals surface area contributed by atoms with Gasteiger partial charge in [0, 0.05) is 0 Å². The first-order chi connectivity index (χ1) is 7.74. The molecule has 0 spiro atoms. The highest BCUT2D eigenvalue weighted by Crippen LogP contribution is 2.20. The highest BCUT2D eigenvalue weighted by Gasteiger charge is 2.16. The second kappa shape index (κ2) is 7.66. The van der Waals surface area contributed by atoms with Crippen LogP contribution in [-0.2, 0) is 9.53 Å². The van der Waals surface area contributed by atoms with E-state index in [1.54, 1.807) is 0 Å². The summed E-state index contributed by atoms with van der Waals surface area (Å²) in [5, 5.41) is 3.37. The van der Waals surface area contributed by atoms with Crippen molar-refractivity contribution in [2.24, 2.45) is 11.8 Å². The molecule has 1 fully saturated rings. The molecule has 1 heterocycles. The summed E-state index contributed by atoms with van der Waals surface area (Å²) in [4.78, 5) is 11.4. The standard InChI is InChI=1S/C13H25NO2/c1-3-16-13(15)11(2)5-4-6-12-7-9-14-10-8-12/h11-12,14H,3-10H2,1-2H3. The van der Waals surface area contributed by atoms with Gasteiger partial charge < -0.3 is 10.1 Å². The third-order valence-corrected chi connectivity index (χ3v) is 3.40. The topological polar surface area (TPSA) is 38.3 Å². The van der Waals surface area contributed by atoms with Crippen LogP contribution in [0.25, 0.3) is 0 Å². The van der Waals surface area contributed by atoms with Gasteiger partial charge in [0.1, 0.15) is 0 Å². The van der Waals surface area contributed by atoms with Gasteiger partial charge in [0.2, 0.25) is 0 Å². The maximum Gasteiger partial charge on any atom is 0.308 e. The maximum absolute atomic E-state index is 11.4. The number of carbonyl (C=O) groups is 1. The second-order valence-corrected chi connectivity index (χ2v) is 4.78. The zero-order chi connectivity index (χ0) is 11.8. The summed E-state index contributed by atoms with van der Waals surface area (Å²) in [5.74, 6) is 0.908. The van der Waals surface area contributed by atoms with Gasteiger partial charge in [-0.1, -0.05) is 19.8 Å². The van der Waals surface area contributed by atoms with E-state index in [4.69, 9.17) is 4.74 Å². The molecule has 0 bridgehead atoms. The first-order valence-electron chi connectivity index (χ1n) is 6.61. The molecule has 0 aliphatic carbocycles. The van der Waals surface area contributed by atoms with E-state index in [0.29, 0.717) is 6.61 Å². The van der Waals surface area contributed by atoms with E-state index in [2.05, 4.69) is 5.32 Å². The monoisotopic (exact) mass is 227 g/mol. The quantitative estimate of drug-likeness (QED) is 0.708. The Kier molecular flexibility index (Phi) is 6.46. The number of carbonyl (C=O) groups excluding carboxylic acids is 1. The lowest BCUT2D eigenvalue weighted by Gasteiger charge is -2.22. The van der Waals surface area contributed by atoms with Gasteiger partial charge >= 0.3 is 5.97 Å². The number of nitrogens with one attached hydrogen (secondary N) is 1. The molecule has 3 nitrogen and oxygen atoms in total. The van der Waals surface area contributed by atoms with Crippen LogP contribution in [0.4, 0.5) is 0 Å². The van der Waals surface area contributed by atoms with E-state index in [1.807, 2.05) is 13.8 Å². The molecular weight excluding hydrogens is 202 g/mol. The largest absolute Gasteiger partial charge is 0.466 e. The second-order valence-electron chi connectivity index (χ2n) is 4.78. The lowest BCUT2D eigenvalue weighted by molar-refractivity contribution is -0.147. The van der Waals surface area contributed by atoms with Crippen LogP contribution < -0.4 is 5.32 Å². The number of piperidine rings is 1. The van der Waals surface area contributed by atoms with Gasteiger partial charge in [-0.25, -0.2) is 0 Å². The van der Waals surface area contributed by atoms with Crippen molar-refractivity contribution in [2.75, 3.05) is 19.7 Å². The maximum atomic E-state index is 11.4. The Hall–Kier alpha value is -0.570. The van der Waals surface area contributed by atoms with Crippen molar-refractivity contribution in [1.82, 2.24) is 5.32 Å². The third-order valence-electron chi connectivity index (χ3n) is 3.40. The highest BCUT2D eigenvalue weighted by molar-refractivity contribution is 5.71. The van der Waals surface area contributed by atoms with Crippen molar-refractivity contribution in [3.63, 3.8) is 0 Å². The summed E-state index contributed by atoms with van der Waals surface area (Å²) < 4.78 is 5.00. The lowest BCUT2D eigenvalue weighted by Crippen LogP contribution is -2.27. The number of hydrogen-bond donors (Lipinski definition) is 1. The molecule has 1 N–H and O–H groups in total. The zero-order valence-electron chi connectivity index (χ0n) is 10.6. The van der Waals surface area contributed by atoms with Crippen LogP contribution in [0.1, 0.15) is 46.0 Å². The summed E-state index contributed by atoms with van der Waals surface area (Å²) in [7, 11) is 0. The molecule has 1 rings (SSSR count). The van der Waals surface area contributed by atoms with E-state index < -0.39 is 0 Å². The lowest BCUT2D eigenvalue weighted by atomic mass is 9.91. The van der Waals surface area contributed by atoms with E-state index in [0.717, 1.165) is 31.8 Å². The molecule has 0 aromatic carbocycles. The van der Waals surface area contributed by atoms with Gasteiger partial charge in [-0.05, 0) is 45.2 Å². The Balaban J connectivity index is 2.07. The fourth-order valence-corrected chi connectivity index (χ4v) is 2.29. The van der Waals surface area contributed by atoms with Crippen molar-refractivity contribution >= 4 is 5.97 Å². The fourth-order valence-electron chi connectivity index (χ4n) is 2.29. The number of hydrogen-bond acceptors (Lipinski definition) is 3. The molecule has 1 atom stereocenters. The van der Waals surface area contributed by atoms with Gasteiger partial charge in [-0.2, -0.15) is 0 Å². The molecule has 0 saturated carbocycles. The average Bonchev–Trinajstić information content (AvgIpc) is 2.30. The minimum absolute atomic E-state index is 0.0344. The molecular formula is C13H25NO2. The summed E-state index contributed by atoms with van der Waals surface area (Å²) in [6, 6.07) is 0. The molecule has 1 aliphatic heterocycles. The van der Waals surface area contributed by atoms with Gasteiger partial charge in [-0.3, -0.25) is 4.79 Å². The van der Waals surface area contributed by atoms with E-state index in [1.165, 1.54) is 19.3 Å². The Morgan fingerprint density at radius 1 is 1.44 bits per heavy atom. The van der Waals surface area contributed by atoms with Gasteiger partial charge in [-0.15, -0.1) is 0 Å². The van der Waals surface area contributed by atoms with Crippen LogP contribution >= 0.6 is 0 Å². The van der Waals surface area contributed by atoms with Crippen LogP contribution in [-0.4, -0.2) is 25.7 Å². The molecule has 0 amide bonds. The van der Waals surface area contributed by atoms with Crippen molar-refractivity contribution < 1.29 is 9.53 Å². The molecule has 0 aromatic rings. The van der Waals surface area contributed by atoms with E-state index in [9.17, 15) is 4.79 Å². The minimum Gasteiger partial charge on any atom is -0.466 e. The zero-order valence-corrected chi connectivity index (χ0v) is 10.6. The normalized spacial score (nSPS) is 19.4. The number of ether oxygens (including phenoxy) is 1. The van der Waals surface area contributed by atoms with Crippen LogP contribution in [0.5, 0.6) is 0 Å². The molecule has 1 unspecified atom stereocenters. The predicted octanol–water partition coefficient (Wildman–Crippen LogP) is 2.36. The molecule has 16 heavy (non-hydrogen) atoms. The van der Waals surface area contributed by atoms with Gasteiger partial charge in [0.15, 0.2) is 0 Å². The van der Waals surface area contributed by atoms with Crippen molar-refractivity contribution in [3.8, 4) is 0 Å². The molecule has 94 valence electrons. The Labute approximate surface area is 98.9 Å². The molecule has 0 aromatic heterocycles. The Morgan fingerprint density at radius 2 is 2.12 bits per heavy atom. The number of esters is 1. The molecule has 0 radical (unpaired) electrons. The Morgan fingerprint density at radius 3 is 2.75 bits per heavy atom. The minimum atomic E-state index is -0.0344. The van der Waals surface area contributed by atoms with Crippen LogP contribution in [0, 0.1) is 11.8 Å². The average molecular weight is 227 g/mol. The smallest absolute Gasteiger partial charge is 0.308 e. The highest BCUT2D eigenvalue weighted by atomic mass is 16.5. The first-order valence-corrected chi connectivity index (χ1v) is 6.61. The van der Waals surface area contributed by atoms with Crippen LogP contribution in [0.3, 0.4) is 0 Å². The molecule has 1 saturated heterocycles. The summed E-state index contributed by atoms with van der Waals surface area (Å²) in [5.41, 5.74) is 0. The molecule has 3 heteroatoms. The fraction of sp³-hybridized carbons (Fsp3) is 0.923. The van der Waals surface area contributed by atoms with Crippen LogP contribution in [0.15, 0.2) is 0 Å². The van der Waals surface area contributed by atoms with Gasteiger partial charge in [0.05, 0.1) is 12.5 Å². The van der Waals surface area contributed by atoms with Crippen molar-refractivity contribution in [2.45, 2.75) is 46.0 Å². The van der Waals surface area contributed by atoms with E-state index in [-0.39, 0.29) is 11.9 Å². The predicted molar refractivity (Wildman–Crippen MR) is 65.2 cm³/mol. The van der Waals surface area contributed by atoms with Crippen molar-refractivity contribution in [3.05, 3.63) is 0 Å². The summed E-state index contributed by atoms with van der Waals surface area (Å²) in [6.07, 6.45) is 6.00. The molecule has 1 aliphatic rings. The third kappa shape index (κ3) is 4.97. The Bertz CT molecular complexity index is 200. The first kappa shape index (κ1) is 13.5. The van der Waals surface area contributed by atoms with E-state index >= 15 is 0 Å².